The van der Waals surface area contributed by atoms with E-state index in [0.29, 0.717) is 6.54 Å². The lowest BCUT2D eigenvalue weighted by molar-refractivity contribution is 0.218. The maximum Gasteiger partial charge on any atom is 0.316 e. The van der Waals surface area contributed by atoms with Crippen LogP contribution in [0, 0.1) is 0 Å². The summed E-state index contributed by atoms with van der Waals surface area (Å²) in [5.74, 6) is 0. The maximum atomic E-state index is 10.3. The highest BCUT2D eigenvalue weighted by Crippen LogP contribution is 1.58. The molecule has 0 aliphatic heterocycles. The number of rotatable bonds is 2. The van der Waals surface area contributed by atoms with Crippen LogP contribution in [-0.2, 0) is 0 Å². The Hall–Kier alpha value is -0.770. The number of aliphatic hydroxyl groups is 1. The summed E-state index contributed by atoms with van der Waals surface area (Å²) < 4.78 is 0. The SMILES string of the molecule is CCNC(=O)NCO. The minimum atomic E-state index is -0.338. The third-order valence-corrected chi connectivity index (χ3v) is 0.577. The van der Waals surface area contributed by atoms with E-state index in [0.717, 1.165) is 0 Å². The minimum absolute atomic E-state index is 0.314. The van der Waals surface area contributed by atoms with Gasteiger partial charge in [0.1, 0.15) is 6.73 Å². The van der Waals surface area contributed by atoms with Crippen LogP contribution in [0.3, 0.4) is 0 Å². The lowest BCUT2D eigenvalue weighted by Gasteiger charge is -1.99. The molecule has 3 N–H and O–H groups in total. The minimum Gasteiger partial charge on any atom is -0.376 e. The van der Waals surface area contributed by atoms with E-state index in [1.165, 1.54) is 0 Å². The summed E-state index contributed by atoms with van der Waals surface area (Å²) >= 11 is 0. The molecule has 0 saturated carbocycles. The molecule has 0 radical (unpaired) electrons. The van der Waals surface area contributed by atoms with Crippen molar-refractivity contribution in [1.29, 1.82) is 0 Å². The van der Waals surface area contributed by atoms with Gasteiger partial charge >= 0.3 is 6.03 Å². The standard InChI is InChI=1S/C4H10N2O2/c1-2-5-4(8)6-3-7/h7H,2-3H2,1H3,(H2,5,6,8). The van der Waals surface area contributed by atoms with E-state index in [4.69, 9.17) is 5.11 Å². The molecule has 0 atom stereocenters. The van der Waals surface area contributed by atoms with Gasteiger partial charge in [-0.2, -0.15) is 0 Å². The van der Waals surface area contributed by atoms with Crippen LogP contribution in [0.2, 0.25) is 0 Å². The third kappa shape index (κ3) is 3.42. The molecule has 8 heavy (non-hydrogen) atoms. The predicted molar refractivity (Wildman–Crippen MR) is 29.3 cm³/mol. The zero-order valence-electron chi connectivity index (χ0n) is 4.77. The van der Waals surface area contributed by atoms with Crippen LogP contribution in [0.4, 0.5) is 4.79 Å². The first-order chi connectivity index (χ1) is 3.81. The van der Waals surface area contributed by atoms with Gasteiger partial charge in [0.25, 0.3) is 0 Å². The van der Waals surface area contributed by atoms with E-state index in [1.807, 2.05) is 0 Å². The van der Waals surface area contributed by atoms with Gasteiger partial charge in [-0.1, -0.05) is 0 Å². The Kier molecular flexibility index (Phi) is 3.97. The molecule has 0 spiro atoms. The Morgan fingerprint density at radius 1 is 1.62 bits per heavy atom. The first-order valence-electron chi connectivity index (χ1n) is 2.43. The molecule has 4 heteroatoms. The van der Waals surface area contributed by atoms with Gasteiger partial charge in [-0.3, -0.25) is 0 Å². The van der Waals surface area contributed by atoms with Gasteiger partial charge in [-0.25, -0.2) is 4.79 Å². The van der Waals surface area contributed by atoms with Crippen molar-refractivity contribution in [3.8, 4) is 0 Å². The normalized spacial score (nSPS) is 8.25. The topological polar surface area (TPSA) is 61.4 Å². The van der Waals surface area contributed by atoms with Crippen molar-refractivity contribution in [2.45, 2.75) is 6.92 Å². The third-order valence-electron chi connectivity index (χ3n) is 0.577. The Labute approximate surface area is 47.9 Å². The molecule has 0 unspecified atom stereocenters. The fourth-order valence-corrected chi connectivity index (χ4v) is 0.295. The molecule has 0 aromatic heterocycles. The molecule has 48 valence electrons. The van der Waals surface area contributed by atoms with Crippen molar-refractivity contribution in [3.05, 3.63) is 0 Å². The molecule has 0 saturated heterocycles. The van der Waals surface area contributed by atoms with E-state index in [1.54, 1.807) is 6.92 Å². The molecular formula is C4H10N2O2. The second-order valence-electron chi connectivity index (χ2n) is 1.19. The zero-order chi connectivity index (χ0) is 6.41. The van der Waals surface area contributed by atoms with Crippen LogP contribution in [0.1, 0.15) is 6.92 Å². The Morgan fingerprint density at radius 2 is 2.25 bits per heavy atom. The lowest BCUT2D eigenvalue weighted by Crippen LogP contribution is -2.35. The first kappa shape index (κ1) is 7.23. The molecule has 0 rings (SSSR count). The van der Waals surface area contributed by atoms with Crippen molar-refractivity contribution in [2.75, 3.05) is 13.3 Å². The number of urea groups is 1. The number of amides is 2. The van der Waals surface area contributed by atoms with Crippen LogP contribution in [-0.4, -0.2) is 24.4 Å². The zero-order valence-corrected chi connectivity index (χ0v) is 4.77. The molecule has 4 nitrogen and oxygen atoms in total. The first-order valence-corrected chi connectivity index (χ1v) is 2.43. The molecule has 0 fully saturated rings. The average Bonchev–Trinajstić information content (AvgIpc) is 1.68. The molecular weight excluding hydrogens is 108 g/mol. The van der Waals surface area contributed by atoms with Crippen molar-refractivity contribution in [3.63, 3.8) is 0 Å². The van der Waals surface area contributed by atoms with Crippen molar-refractivity contribution in [1.82, 2.24) is 10.6 Å². The fraction of sp³-hybridized carbons (Fsp3) is 0.750. The molecule has 0 aromatic rings. The smallest absolute Gasteiger partial charge is 0.316 e. The van der Waals surface area contributed by atoms with Gasteiger partial charge in [0.15, 0.2) is 0 Å². The van der Waals surface area contributed by atoms with E-state index in [2.05, 4.69) is 10.6 Å². The quantitative estimate of drug-likeness (QED) is 0.418. The summed E-state index contributed by atoms with van der Waals surface area (Å²) in [4.78, 5) is 10.3. The summed E-state index contributed by atoms with van der Waals surface area (Å²) in [7, 11) is 0. The summed E-state index contributed by atoms with van der Waals surface area (Å²) in [6, 6.07) is -0.338. The van der Waals surface area contributed by atoms with Crippen molar-refractivity contribution >= 4 is 6.03 Å². The van der Waals surface area contributed by atoms with Gasteiger partial charge in [0.2, 0.25) is 0 Å². The average molecular weight is 118 g/mol. The van der Waals surface area contributed by atoms with Crippen LogP contribution in [0.15, 0.2) is 0 Å². The second kappa shape index (κ2) is 4.39. The molecule has 0 aromatic carbocycles. The highest BCUT2D eigenvalue weighted by molar-refractivity contribution is 5.73. The van der Waals surface area contributed by atoms with Crippen LogP contribution >= 0.6 is 0 Å². The van der Waals surface area contributed by atoms with E-state index in [9.17, 15) is 4.79 Å². The van der Waals surface area contributed by atoms with Gasteiger partial charge in [0.05, 0.1) is 0 Å². The highest BCUT2D eigenvalue weighted by atomic mass is 16.3. The van der Waals surface area contributed by atoms with Crippen molar-refractivity contribution < 1.29 is 9.90 Å². The summed E-state index contributed by atoms with van der Waals surface area (Å²) in [5, 5.41) is 12.7. The number of carbonyl (C=O) groups is 1. The second-order valence-corrected chi connectivity index (χ2v) is 1.19. The molecule has 0 bridgehead atoms. The van der Waals surface area contributed by atoms with Crippen LogP contribution in [0.5, 0.6) is 0 Å². The van der Waals surface area contributed by atoms with E-state index in [-0.39, 0.29) is 12.8 Å². The van der Waals surface area contributed by atoms with Gasteiger partial charge in [0, 0.05) is 6.54 Å². The van der Waals surface area contributed by atoms with Crippen LogP contribution < -0.4 is 10.6 Å². The molecule has 0 heterocycles. The fourth-order valence-electron chi connectivity index (χ4n) is 0.295. The van der Waals surface area contributed by atoms with Gasteiger partial charge in [-0.05, 0) is 6.92 Å². The van der Waals surface area contributed by atoms with Gasteiger partial charge in [-0.15, -0.1) is 0 Å². The lowest BCUT2D eigenvalue weighted by atomic mass is 10.7. The van der Waals surface area contributed by atoms with Crippen LogP contribution in [0.25, 0.3) is 0 Å². The number of hydrogen-bond acceptors (Lipinski definition) is 2. The van der Waals surface area contributed by atoms with Gasteiger partial charge < -0.3 is 15.7 Å². The molecule has 0 aliphatic carbocycles. The Bertz CT molecular complexity index is 66.4. The molecule has 2 amide bonds. The summed E-state index contributed by atoms with van der Waals surface area (Å²) in [6.07, 6.45) is 0. The highest BCUT2D eigenvalue weighted by Gasteiger charge is 1.90. The predicted octanol–water partition coefficient (Wildman–Crippen LogP) is -0.745. The molecule has 0 aliphatic rings. The Balaban J connectivity index is 3.06. The number of nitrogens with one attached hydrogen (secondary N) is 2. The largest absolute Gasteiger partial charge is 0.376 e. The number of aliphatic hydroxyl groups excluding tert-OH is 1. The maximum absolute atomic E-state index is 10.3. The van der Waals surface area contributed by atoms with Crippen molar-refractivity contribution in [2.24, 2.45) is 0 Å². The van der Waals surface area contributed by atoms with E-state index < -0.39 is 0 Å². The Morgan fingerprint density at radius 3 is 2.62 bits per heavy atom. The number of hydrogen-bond donors (Lipinski definition) is 3. The summed E-state index contributed by atoms with van der Waals surface area (Å²) in [6.45, 7) is 2.06. The monoisotopic (exact) mass is 118 g/mol. The number of carbonyl (C=O) groups excluding carboxylic acids is 1. The summed E-state index contributed by atoms with van der Waals surface area (Å²) in [5.41, 5.74) is 0. The van der Waals surface area contributed by atoms with E-state index >= 15 is 0 Å².